The van der Waals surface area contributed by atoms with Gasteiger partial charge in [-0.2, -0.15) is 0 Å². The molecule has 5 amide bonds. The van der Waals surface area contributed by atoms with E-state index >= 15 is 0 Å². The molecule has 4 atom stereocenters. The first kappa shape index (κ1) is 37.4. The summed E-state index contributed by atoms with van der Waals surface area (Å²) >= 11 is 0. The molecule has 13 heteroatoms. The van der Waals surface area contributed by atoms with E-state index in [1.54, 1.807) is 6.20 Å². The minimum absolute atomic E-state index is 0.0129. The molecule has 1 aromatic heterocycles. The smallest absolute Gasteiger partial charge is 0.315 e. The van der Waals surface area contributed by atoms with Crippen LogP contribution in [0.25, 0.3) is 10.8 Å². The van der Waals surface area contributed by atoms with Crippen LogP contribution in [0.15, 0.2) is 30.5 Å². The lowest BCUT2D eigenvalue weighted by molar-refractivity contribution is -0.144. The van der Waals surface area contributed by atoms with Crippen LogP contribution in [0, 0.1) is 5.41 Å². The molecule has 1 saturated heterocycles. The number of ketones is 1. The van der Waals surface area contributed by atoms with Gasteiger partial charge in [-0.3, -0.25) is 19.2 Å². The molecule has 2 heterocycles. The number of carbonyl (C=O) groups excluding carboxylic acids is 5. The summed E-state index contributed by atoms with van der Waals surface area (Å²) in [6.45, 7) is 15.3. The van der Waals surface area contributed by atoms with Gasteiger partial charge in [0.1, 0.15) is 23.9 Å². The summed E-state index contributed by atoms with van der Waals surface area (Å²) in [5.41, 5.74) is -1.28. The predicted molar refractivity (Wildman–Crippen MR) is 185 cm³/mol. The Morgan fingerprint density at radius 2 is 1.71 bits per heavy atom. The average molecular weight is 681 g/mol. The summed E-state index contributed by atoms with van der Waals surface area (Å²) in [6.07, 6.45) is 3.51. The van der Waals surface area contributed by atoms with Gasteiger partial charge in [-0.25, -0.2) is 9.78 Å². The lowest BCUT2D eigenvalue weighted by atomic mass is 9.85. The third-order valence-corrected chi connectivity index (χ3v) is 8.36. The molecule has 0 bridgehead atoms. The second-order valence-electron chi connectivity index (χ2n) is 15.0. The van der Waals surface area contributed by atoms with Gasteiger partial charge in [0, 0.05) is 29.6 Å². The Morgan fingerprint density at radius 1 is 1.00 bits per heavy atom. The maximum atomic E-state index is 14.4. The number of rotatable bonds is 13. The van der Waals surface area contributed by atoms with Crippen LogP contribution in [0.5, 0.6) is 11.6 Å². The van der Waals surface area contributed by atoms with Gasteiger partial charge in [0.25, 0.3) is 5.91 Å². The maximum Gasteiger partial charge on any atom is 0.315 e. The van der Waals surface area contributed by atoms with Crippen LogP contribution in [0.1, 0.15) is 87.5 Å². The molecule has 2 aromatic rings. The SMILES string of the molecule is CCCC(NC(=O)[C@@H]1C[C@@H](Oc2nccc3cc(OCC)ccc23)CN1C(=O)C(NC(=O)NC(C)(C)C)C(C)(C)C)C(=O)C(=O)NC1CC1. The fourth-order valence-electron chi connectivity index (χ4n) is 5.80. The second kappa shape index (κ2) is 15.4. The van der Waals surface area contributed by atoms with E-state index in [-0.39, 0.29) is 25.4 Å². The zero-order chi connectivity index (χ0) is 36.1. The Bertz CT molecular complexity index is 1540. The minimum Gasteiger partial charge on any atom is -0.494 e. The molecule has 1 aliphatic carbocycles. The first-order valence-electron chi connectivity index (χ1n) is 17.2. The Balaban J connectivity index is 1.63. The van der Waals surface area contributed by atoms with E-state index in [0.717, 1.165) is 23.6 Å². The van der Waals surface area contributed by atoms with Crippen molar-refractivity contribution in [2.75, 3.05) is 13.2 Å². The fourth-order valence-corrected chi connectivity index (χ4v) is 5.80. The average Bonchev–Trinajstić information content (AvgIpc) is 3.73. The van der Waals surface area contributed by atoms with Crippen LogP contribution in [0.2, 0.25) is 0 Å². The van der Waals surface area contributed by atoms with Gasteiger partial charge < -0.3 is 35.6 Å². The van der Waals surface area contributed by atoms with Gasteiger partial charge in [-0.15, -0.1) is 0 Å². The van der Waals surface area contributed by atoms with Crippen molar-refractivity contribution in [1.82, 2.24) is 31.2 Å². The molecule has 1 saturated carbocycles. The normalized spacial score (nSPS) is 19.1. The van der Waals surface area contributed by atoms with Gasteiger partial charge >= 0.3 is 6.03 Å². The van der Waals surface area contributed by atoms with Gasteiger partial charge in [0.05, 0.1) is 19.2 Å². The number of aromatic nitrogens is 1. The van der Waals surface area contributed by atoms with E-state index in [2.05, 4.69) is 26.3 Å². The number of fused-ring (bicyclic) bond motifs is 1. The molecule has 2 fully saturated rings. The van der Waals surface area contributed by atoms with Crippen LogP contribution in [0.3, 0.4) is 0 Å². The lowest BCUT2D eigenvalue weighted by Gasteiger charge is -2.36. The molecule has 0 spiro atoms. The molecule has 268 valence electrons. The van der Waals surface area contributed by atoms with E-state index in [4.69, 9.17) is 9.47 Å². The molecule has 0 radical (unpaired) electrons. The molecule has 4 N–H and O–H groups in total. The van der Waals surface area contributed by atoms with Crippen molar-refractivity contribution >= 4 is 40.3 Å². The molecular weight excluding hydrogens is 628 g/mol. The molecule has 1 aromatic carbocycles. The molecule has 49 heavy (non-hydrogen) atoms. The summed E-state index contributed by atoms with van der Waals surface area (Å²) < 4.78 is 12.0. The fraction of sp³-hybridized carbons (Fsp3) is 0.611. The number of amides is 5. The zero-order valence-electron chi connectivity index (χ0n) is 30.0. The number of ether oxygens (including phenoxy) is 2. The van der Waals surface area contributed by atoms with Crippen molar-refractivity contribution in [3.63, 3.8) is 0 Å². The Morgan fingerprint density at radius 3 is 2.33 bits per heavy atom. The van der Waals surface area contributed by atoms with Gasteiger partial charge in [0.15, 0.2) is 0 Å². The first-order chi connectivity index (χ1) is 23.0. The molecule has 4 rings (SSSR count). The predicted octanol–water partition coefficient (Wildman–Crippen LogP) is 3.63. The van der Waals surface area contributed by atoms with Crippen molar-refractivity contribution in [3.05, 3.63) is 30.5 Å². The number of likely N-dealkylation sites (tertiary alicyclic amines) is 1. The number of hydrogen-bond donors (Lipinski definition) is 4. The lowest BCUT2D eigenvalue weighted by Crippen LogP contribution is -2.61. The topological polar surface area (TPSA) is 168 Å². The number of Topliss-reactive ketones (excluding diaryl/α,β-unsaturated/α-hetero) is 1. The van der Waals surface area contributed by atoms with E-state index in [1.165, 1.54) is 4.90 Å². The van der Waals surface area contributed by atoms with E-state index in [1.807, 2.05) is 79.7 Å². The summed E-state index contributed by atoms with van der Waals surface area (Å²) in [7, 11) is 0. The summed E-state index contributed by atoms with van der Waals surface area (Å²) in [5, 5.41) is 12.7. The monoisotopic (exact) mass is 680 g/mol. The van der Waals surface area contributed by atoms with Crippen molar-refractivity contribution in [2.24, 2.45) is 5.41 Å². The second-order valence-corrected chi connectivity index (χ2v) is 15.0. The van der Waals surface area contributed by atoms with Crippen molar-refractivity contribution < 1.29 is 33.4 Å². The standard InChI is InChI=1S/C36H52N6O7/c1-9-11-26(28(43)31(45)38-22-12-13-22)39-30(44)27-19-24(49-32-25-15-14-23(48-10-2)18-21(25)16-17-37-32)20-42(27)33(46)29(35(3,4)5)40-34(47)41-36(6,7)8/h14-18,22,24,26-27,29H,9-13,19-20H2,1-8H3,(H,38,45)(H,39,44)(H2,40,41,47)/t24-,26?,27+,29?/m1/s1. The third kappa shape index (κ3) is 10.1. The van der Waals surface area contributed by atoms with Gasteiger partial charge in [-0.1, -0.05) is 34.1 Å². The number of urea groups is 1. The van der Waals surface area contributed by atoms with Crippen LogP contribution < -0.4 is 30.7 Å². The summed E-state index contributed by atoms with van der Waals surface area (Å²) in [5.74, 6) is -1.45. The molecule has 13 nitrogen and oxygen atoms in total. The first-order valence-corrected chi connectivity index (χ1v) is 17.2. The molecular formula is C36H52N6O7. The van der Waals surface area contributed by atoms with Crippen LogP contribution >= 0.6 is 0 Å². The van der Waals surface area contributed by atoms with Gasteiger partial charge in [-0.05, 0) is 82.0 Å². The number of nitrogens with zero attached hydrogens (tertiary/aromatic N) is 2. The van der Waals surface area contributed by atoms with Crippen molar-refractivity contribution in [1.29, 1.82) is 0 Å². The van der Waals surface area contributed by atoms with E-state index < -0.39 is 64.7 Å². The Hall–Kier alpha value is -4.42. The summed E-state index contributed by atoms with van der Waals surface area (Å²) in [6, 6.07) is 3.78. The molecule has 1 aliphatic heterocycles. The Kier molecular flexibility index (Phi) is 11.8. The van der Waals surface area contributed by atoms with E-state index in [0.29, 0.717) is 24.7 Å². The van der Waals surface area contributed by atoms with Crippen LogP contribution in [-0.2, 0) is 19.2 Å². The highest BCUT2D eigenvalue weighted by atomic mass is 16.5. The van der Waals surface area contributed by atoms with Crippen LogP contribution in [-0.4, -0.2) is 88.4 Å². The molecule has 2 unspecified atom stereocenters. The highest BCUT2D eigenvalue weighted by Crippen LogP contribution is 2.32. The minimum atomic E-state index is -1.05. The molecule has 2 aliphatic rings. The number of nitrogens with one attached hydrogen (secondary N) is 4. The number of benzene rings is 1. The van der Waals surface area contributed by atoms with Crippen molar-refractivity contribution in [2.45, 2.75) is 123 Å². The highest BCUT2D eigenvalue weighted by Gasteiger charge is 2.47. The zero-order valence-corrected chi connectivity index (χ0v) is 30.0. The van der Waals surface area contributed by atoms with E-state index in [9.17, 15) is 24.0 Å². The largest absolute Gasteiger partial charge is 0.494 e. The number of hydrogen-bond acceptors (Lipinski definition) is 8. The third-order valence-electron chi connectivity index (χ3n) is 8.36. The van der Waals surface area contributed by atoms with Gasteiger partial charge in [0.2, 0.25) is 23.5 Å². The quantitative estimate of drug-likeness (QED) is 0.233. The van der Waals surface area contributed by atoms with Crippen LogP contribution in [0.4, 0.5) is 4.79 Å². The summed E-state index contributed by atoms with van der Waals surface area (Å²) in [4.78, 5) is 73.0. The maximum absolute atomic E-state index is 14.4. The van der Waals surface area contributed by atoms with Crippen molar-refractivity contribution in [3.8, 4) is 11.6 Å². The Labute approximate surface area is 288 Å². The highest BCUT2D eigenvalue weighted by molar-refractivity contribution is 6.38. The number of pyridine rings is 1. The number of carbonyl (C=O) groups is 5.